The van der Waals surface area contributed by atoms with Gasteiger partial charge < -0.3 is 16.0 Å². The number of pyridine rings is 2. The summed E-state index contributed by atoms with van der Waals surface area (Å²) in [6.07, 6.45) is 3.46. The summed E-state index contributed by atoms with van der Waals surface area (Å²) in [5.41, 5.74) is 7.97. The van der Waals surface area contributed by atoms with Crippen LogP contribution in [0.15, 0.2) is 29.0 Å². The predicted molar refractivity (Wildman–Crippen MR) is 80.4 cm³/mol. The summed E-state index contributed by atoms with van der Waals surface area (Å²) < 4.78 is 0.876. The number of hydrogen-bond donors (Lipinski definition) is 2. The first-order valence-corrected chi connectivity index (χ1v) is 7.13. The summed E-state index contributed by atoms with van der Waals surface area (Å²) in [5, 5.41) is 3.19. The fraction of sp³-hybridized carbons (Fsp3) is 0.308. The van der Waals surface area contributed by atoms with Crippen LogP contribution in [0.1, 0.15) is 0 Å². The van der Waals surface area contributed by atoms with Crippen molar-refractivity contribution >= 4 is 38.6 Å². The van der Waals surface area contributed by atoms with Gasteiger partial charge in [0.25, 0.3) is 0 Å². The second kappa shape index (κ2) is 5.34. The molecule has 1 aliphatic rings. The van der Waals surface area contributed by atoms with Crippen LogP contribution in [0.25, 0.3) is 11.0 Å². The van der Waals surface area contributed by atoms with Crippen LogP contribution in [0.5, 0.6) is 0 Å². The molecule has 0 aliphatic carbocycles. The molecule has 2 aromatic rings. The van der Waals surface area contributed by atoms with E-state index >= 15 is 0 Å². The lowest BCUT2D eigenvalue weighted by molar-refractivity contribution is -0.119. The molecule has 1 unspecified atom stereocenters. The van der Waals surface area contributed by atoms with Crippen LogP contribution >= 0.6 is 15.9 Å². The molecule has 3 heterocycles. The lowest BCUT2D eigenvalue weighted by Gasteiger charge is -2.36. The third-order valence-corrected chi connectivity index (χ3v) is 3.84. The Bertz CT molecular complexity index is 662. The van der Waals surface area contributed by atoms with Gasteiger partial charge in [-0.15, -0.1) is 0 Å². The Morgan fingerprint density at radius 3 is 3.15 bits per heavy atom. The normalized spacial score (nSPS) is 19.2. The van der Waals surface area contributed by atoms with E-state index in [0.717, 1.165) is 27.7 Å². The number of amides is 1. The SMILES string of the molecule is NC(=O)C1CNCCN1c1ccnc2cc(Br)cnc12. The van der Waals surface area contributed by atoms with Crippen LogP contribution in [0.2, 0.25) is 0 Å². The predicted octanol–water partition coefficient (Wildman–Crippen LogP) is 0.656. The third kappa shape index (κ3) is 2.34. The van der Waals surface area contributed by atoms with Gasteiger partial charge in [0.05, 0.1) is 11.2 Å². The second-order valence-electron chi connectivity index (χ2n) is 4.67. The van der Waals surface area contributed by atoms with Gasteiger partial charge in [-0.25, -0.2) is 0 Å². The van der Waals surface area contributed by atoms with Crippen molar-refractivity contribution in [2.45, 2.75) is 6.04 Å². The van der Waals surface area contributed by atoms with Gasteiger partial charge in [0.1, 0.15) is 11.6 Å². The van der Waals surface area contributed by atoms with Gasteiger partial charge in [-0.05, 0) is 28.1 Å². The van der Waals surface area contributed by atoms with Crippen molar-refractivity contribution in [1.82, 2.24) is 15.3 Å². The molecule has 2 aromatic heterocycles. The highest BCUT2D eigenvalue weighted by atomic mass is 79.9. The van der Waals surface area contributed by atoms with Gasteiger partial charge in [-0.3, -0.25) is 14.8 Å². The van der Waals surface area contributed by atoms with Gasteiger partial charge >= 0.3 is 0 Å². The van der Waals surface area contributed by atoms with E-state index in [0.29, 0.717) is 13.1 Å². The van der Waals surface area contributed by atoms with Crippen LogP contribution in [-0.4, -0.2) is 41.6 Å². The molecule has 3 N–H and O–H groups in total. The second-order valence-corrected chi connectivity index (χ2v) is 5.58. The monoisotopic (exact) mass is 335 g/mol. The van der Waals surface area contributed by atoms with Crippen molar-refractivity contribution in [3.05, 3.63) is 29.0 Å². The molecule has 0 spiro atoms. The molecule has 1 aliphatic heterocycles. The van der Waals surface area contributed by atoms with E-state index in [4.69, 9.17) is 5.73 Å². The van der Waals surface area contributed by atoms with E-state index in [1.807, 2.05) is 17.0 Å². The highest BCUT2D eigenvalue weighted by molar-refractivity contribution is 9.10. The number of primary amides is 1. The Balaban J connectivity index is 2.10. The average Bonchev–Trinajstić information content (AvgIpc) is 2.46. The Kier molecular flexibility index (Phi) is 3.54. The molecule has 1 amide bonds. The van der Waals surface area contributed by atoms with Crippen molar-refractivity contribution in [1.29, 1.82) is 0 Å². The number of nitrogens with one attached hydrogen (secondary N) is 1. The summed E-state index contributed by atoms with van der Waals surface area (Å²) in [5.74, 6) is -0.334. The van der Waals surface area contributed by atoms with E-state index in [-0.39, 0.29) is 11.9 Å². The molecular formula is C13H14BrN5O. The molecular weight excluding hydrogens is 322 g/mol. The molecule has 7 heteroatoms. The molecule has 0 saturated carbocycles. The number of carbonyl (C=O) groups is 1. The van der Waals surface area contributed by atoms with Gasteiger partial charge in [0, 0.05) is 36.5 Å². The Morgan fingerprint density at radius 1 is 1.50 bits per heavy atom. The number of anilines is 1. The number of aromatic nitrogens is 2. The number of piperazine rings is 1. The molecule has 3 rings (SSSR count). The lowest BCUT2D eigenvalue weighted by atomic mass is 10.1. The highest BCUT2D eigenvalue weighted by Gasteiger charge is 2.28. The number of rotatable bonds is 2. The maximum absolute atomic E-state index is 11.6. The van der Waals surface area contributed by atoms with Crippen molar-refractivity contribution in [2.75, 3.05) is 24.5 Å². The van der Waals surface area contributed by atoms with Crippen molar-refractivity contribution in [2.24, 2.45) is 5.73 Å². The molecule has 1 saturated heterocycles. The molecule has 0 radical (unpaired) electrons. The standard InChI is InChI=1S/C13H14BrN5O/c14-8-5-9-12(18-6-8)10(1-2-17-9)19-4-3-16-7-11(19)13(15)20/h1-2,5-6,11,16H,3-4,7H2,(H2,15,20). The van der Waals surface area contributed by atoms with Crippen LogP contribution in [0.3, 0.4) is 0 Å². The number of nitrogens with zero attached hydrogens (tertiary/aromatic N) is 3. The zero-order valence-electron chi connectivity index (χ0n) is 10.7. The lowest BCUT2D eigenvalue weighted by Crippen LogP contribution is -2.57. The third-order valence-electron chi connectivity index (χ3n) is 3.40. The van der Waals surface area contributed by atoms with Gasteiger partial charge in [0.15, 0.2) is 0 Å². The minimum atomic E-state index is -0.361. The Labute approximate surface area is 124 Å². The topological polar surface area (TPSA) is 84.1 Å². The largest absolute Gasteiger partial charge is 0.368 e. The van der Waals surface area contributed by atoms with Crippen LogP contribution in [0, 0.1) is 0 Å². The van der Waals surface area contributed by atoms with E-state index in [2.05, 4.69) is 31.2 Å². The van der Waals surface area contributed by atoms with Crippen LogP contribution < -0.4 is 16.0 Å². The van der Waals surface area contributed by atoms with Crippen molar-refractivity contribution in [3.63, 3.8) is 0 Å². The number of halogens is 1. The van der Waals surface area contributed by atoms with Gasteiger partial charge in [0.2, 0.25) is 5.91 Å². The molecule has 1 atom stereocenters. The van der Waals surface area contributed by atoms with E-state index < -0.39 is 0 Å². The van der Waals surface area contributed by atoms with Gasteiger partial charge in [-0.2, -0.15) is 0 Å². The molecule has 1 fully saturated rings. The minimum Gasteiger partial charge on any atom is -0.368 e. The van der Waals surface area contributed by atoms with Gasteiger partial charge in [-0.1, -0.05) is 0 Å². The number of fused-ring (bicyclic) bond motifs is 1. The molecule has 20 heavy (non-hydrogen) atoms. The van der Waals surface area contributed by atoms with E-state index in [9.17, 15) is 4.79 Å². The first kappa shape index (κ1) is 13.3. The number of hydrogen-bond acceptors (Lipinski definition) is 5. The van der Waals surface area contributed by atoms with Crippen molar-refractivity contribution in [3.8, 4) is 0 Å². The summed E-state index contributed by atoms with van der Waals surface area (Å²) in [6, 6.07) is 3.43. The van der Waals surface area contributed by atoms with Crippen LogP contribution in [-0.2, 0) is 4.79 Å². The zero-order chi connectivity index (χ0) is 14.1. The fourth-order valence-corrected chi connectivity index (χ4v) is 2.79. The fourth-order valence-electron chi connectivity index (χ4n) is 2.47. The highest BCUT2D eigenvalue weighted by Crippen LogP contribution is 2.27. The minimum absolute atomic E-state index is 0.334. The summed E-state index contributed by atoms with van der Waals surface area (Å²) in [7, 11) is 0. The molecule has 0 bridgehead atoms. The average molecular weight is 336 g/mol. The first-order chi connectivity index (χ1) is 9.66. The maximum atomic E-state index is 11.6. The zero-order valence-corrected chi connectivity index (χ0v) is 12.3. The molecule has 0 aromatic carbocycles. The molecule has 6 nitrogen and oxygen atoms in total. The summed E-state index contributed by atoms with van der Waals surface area (Å²) in [6.45, 7) is 2.07. The quantitative estimate of drug-likeness (QED) is 0.842. The van der Waals surface area contributed by atoms with E-state index in [1.165, 1.54) is 0 Å². The number of nitrogens with two attached hydrogens (primary N) is 1. The Morgan fingerprint density at radius 2 is 2.35 bits per heavy atom. The van der Waals surface area contributed by atoms with Crippen LogP contribution in [0.4, 0.5) is 5.69 Å². The van der Waals surface area contributed by atoms with E-state index in [1.54, 1.807) is 12.4 Å². The van der Waals surface area contributed by atoms with Crippen molar-refractivity contribution < 1.29 is 4.79 Å². The maximum Gasteiger partial charge on any atom is 0.241 e. The summed E-state index contributed by atoms with van der Waals surface area (Å²) in [4.78, 5) is 22.4. The summed E-state index contributed by atoms with van der Waals surface area (Å²) >= 11 is 3.39. The molecule has 104 valence electrons. The smallest absolute Gasteiger partial charge is 0.241 e. The number of carbonyl (C=O) groups excluding carboxylic acids is 1. The first-order valence-electron chi connectivity index (χ1n) is 6.34. The Hall–Kier alpha value is -1.73.